The van der Waals surface area contributed by atoms with Gasteiger partial charge in [0, 0.05) is 6.54 Å². The maximum absolute atomic E-state index is 12.9. The number of carbonyl (C=O) groups excluding carboxylic acids is 4. The highest BCUT2D eigenvalue weighted by Crippen LogP contribution is 2.33. The zero-order chi connectivity index (χ0) is 23.5. The Hall–Kier alpha value is -3.68. The van der Waals surface area contributed by atoms with E-state index in [-0.39, 0.29) is 32.4 Å². The molecular formula is C24H16Cl2N2O5. The van der Waals surface area contributed by atoms with E-state index < -0.39 is 30.3 Å². The van der Waals surface area contributed by atoms with Gasteiger partial charge in [-0.15, -0.1) is 0 Å². The van der Waals surface area contributed by atoms with Crippen molar-refractivity contribution in [2.24, 2.45) is 0 Å². The minimum Gasteiger partial charge on any atom is -0.452 e. The zero-order valence-corrected chi connectivity index (χ0v) is 18.5. The number of rotatable bonds is 6. The predicted molar refractivity (Wildman–Crippen MR) is 123 cm³/mol. The van der Waals surface area contributed by atoms with Crippen LogP contribution in [0.2, 0.25) is 10.0 Å². The first-order chi connectivity index (χ1) is 15.8. The molecule has 9 heteroatoms. The molecule has 0 atom stereocenters. The van der Waals surface area contributed by atoms with Crippen LogP contribution in [-0.4, -0.2) is 30.3 Å². The molecule has 3 amide bonds. The van der Waals surface area contributed by atoms with Gasteiger partial charge in [-0.2, -0.15) is 0 Å². The largest absolute Gasteiger partial charge is 0.452 e. The van der Waals surface area contributed by atoms with Crippen molar-refractivity contribution in [1.82, 2.24) is 5.32 Å². The number of hydrogen-bond donors (Lipinski definition) is 1. The first-order valence-electron chi connectivity index (χ1n) is 9.81. The quantitative estimate of drug-likeness (QED) is 0.418. The summed E-state index contributed by atoms with van der Waals surface area (Å²) in [5.74, 6) is -2.41. The van der Waals surface area contributed by atoms with Crippen LogP contribution in [-0.2, 0) is 16.1 Å². The van der Waals surface area contributed by atoms with Gasteiger partial charge in [0.15, 0.2) is 6.61 Å². The number of nitrogens with one attached hydrogen (secondary N) is 1. The summed E-state index contributed by atoms with van der Waals surface area (Å²) in [6.07, 6.45) is 0. The first kappa shape index (κ1) is 22.5. The molecule has 0 unspecified atom stereocenters. The summed E-state index contributed by atoms with van der Waals surface area (Å²) in [6.45, 7) is -0.178. The second kappa shape index (κ2) is 9.44. The van der Waals surface area contributed by atoms with Gasteiger partial charge in [0.2, 0.25) is 0 Å². The zero-order valence-electron chi connectivity index (χ0n) is 17.0. The van der Waals surface area contributed by atoms with Crippen molar-refractivity contribution in [3.63, 3.8) is 0 Å². The van der Waals surface area contributed by atoms with Gasteiger partial charge in [-0.25, -0.2) is 9.69 Å². The SMILES string of the molecule is O=C(COC(=O)c1ccc2c(c1)C(=O)N(c1ccc(Cl)c(Cl)c1)C2=O)NCc1ccccc1. The Labute approximate surface area is 198 Å². The number of nitrogens with zero attached hydrogens (tertiary/aromatic N) is 1. The number of hydrogen-bond acceptors (Lipinski definition) is 5. The molecule has 0 saturated heterocycles. The molecule has 0 bridgehead atoms. The van der Waals surface area contributed by atoms with Gasteiger partial charge in [-0.3, -0.25) is 14.4 Å². The molecule has 1 heterocycles. The van der Waals surface area contributed by atoms with Crippen LogP contribution in [0.1, 0.15) is 36.6 Å². The molecule has 4 rings (SSSR count). The van der Waals surface area contributed by atoms with Crippen molar-refractivity contribution >= 4 is 52.6 Å². The molecule has 0 aliphatic carbocycles. The van der Waals surface area contributed by atoms with Crippen LogP contribution in [0, 0.1) is 0 Å². The van der Waals surface area contributed by atoms with Crippen LogP contribution >= 0.6 is 23.2 Å². The molecule has 7 nitrogen and oxygen atoms in total. The molecule has 3 aromatic carbocycles. The molecule has 0 fully saturated rings. The minimum absolute atomic E-state index is 0.0433. The van der Waals surface area contributed by atoms with E-state index in [1.807, 2.05) is 30.3 Å². The Morgan fingerprint density at radius 1 is 0.848 bits per heavy atom. The van der Waals surface area contributed by atoms with Crippen molar-refractivity contribution in [2.45, 2.75) is 6.54 Å². The number of anilines is 1. The summed E-state index contributed by atoms with van der Waals surface area (Å²) in [5.41, 5.74) is 1.40. The molecule has 0 radical (unpaired) electrons. The number of fused-ring (bicyclic) bond motifs is 1. The lowest BCUT2D eigenvalue weighted by molar-refractivity contribution is -0.124. The second-order valence-corrected chi connectivity index (χ2v) is 7.96. The summed E-state index contributed by atoms with van der Waals surface area (Å²) in [6, 6.07) is 17.7. The van der Waals surface area contributed by atoms with E-state index in [4.69, 9.17) is 27.9 Å². The van der Waals surface area contributed by atoms with Crippen molar-refractivity contribution in [3.05, 3.63) is 99.0 Å². The highest BCUT2D eigenvalue weighted by molar-refractivity contribution is 6.42. The van der Waals surface area contributed by atoms with Gasteiger partial charge in [-0.05, 0) is 42.0 Å². The lowest BCUT2D eigenvalue weighted by atomic mass is 10.1. The van der Waals surface area contributed by atoms with Crippen LogP contribution in [0.25, 0.3) is 0 Å². The number of esters is 1. The summed E-state index contributed by atoms with van der Waals surface area (Å²) in [5, 5.41) is 3.13. The van der Waals surface area contributed by atoms with E-state index in [0.717, 1.165) is 10.5 Å². The van der Waals surface area contributed by atoms with E-state index in [0.29, 0.717) is 6.54 Å². The summed E-state index contributed by atoms with van der Waals surface area (Å²) in [7, 11) is 0. The Kier molecular flexibility index (Phi) is 6.44. The normalized spacial score (nSPS) is 12.5. The van der Waals surface area contributed by atoms with Crippen LogP contribution in [0.4, 0.5) is 5.69 Å². The van der Waals surface area contributed by atoms with Crippen molar-refractivity contribution < 1.29 is 23.9 Å². The molecule has 1 aliphatic heterocycles. The van der Waals surface area contributed by atoms with Gasteiger partial charge in [0.1, 0.15) is 0 Å². The minimum atomic E-state index is -0.791. The average molecular weight is 483 g/mol. The smallest absolute Gasteiger partial charge is 0.338 e. The van der Waals surface area contributed by atoms with E-state index in [1.165, 1.54) is 36.4 Å². The number of ether oxygens (including phenoxy) is 1. The first-order valence-corrected chi connectivity index (χ1v) is 10.6. The summed E-state index contributed by atoms with van der Waals surface area (Å²) in [4.78, 5) is 51.0. The van der Waals surface area contributed by atoms with E-state index in [1.54, 1.807) is 0 Å². The Morgan fingerprint density at radius 2 is 1.58 bits per heavy atom. The number of imide groups is 1. The highest BCUT2D eigenvalue weighted by Gasteiger charge is 2.37. The molecule has 0 aromatic heterocycles. The third kappa shape index (κ3) is 4.74. The number of amides is 3. The van der Waals surface area contributed by atoms with Crippen LogP contribution in [0.15, 0.2) is 66.7 Å². The highest BCUT2D eigenvalue weighted by atomic mass is 35.5. The molecular weight excluding hydrogens is 467 g/mol. The predicted octanol–water partition coefficient (Wildman–Crippen LogP) is 4.27. The fourth-order valence-electron chi connectivity index (χ4n) is 3.29. The average Bonchev–Trinajstić information content (AvgIpc) is 3.08. The van der Waals surface area contributed by atoms with Gasteiger partial charge >= 0.3 is 5.97 Å². The van der Waals surface area contributed by atoms with E-state index >= 15 is 0 Å². The summed E-state index contributed by atoms with van der Waals surface area (Å²) < 4.78 is 5.05. The maximum atomic E-state index is 12.9. The Balaban J connectivity index is 1.42. The number of benzene rings is 3. The van der Waals surface area contributed by atoms with Crippen molar-refractivity contribution in [2.75, 3.05) is 11.5 Å². The Bertz CT molecular complexity index is 1280. The topological polar surface area (TPSA) is 92.8 Å². The monoisotopic (exact) mass is 482 g/mol. The van der Waals surface area contributed by atoms with E-state index in [2.05, 4.69) is 5.32 Å². The molecule has 0 spiro atoms. The molecule has 1 aliphatic rings. The molecule has 33 heavy (non-hydrogen) atoms. The Morgan fingerprint density at radius 3 is 2.30 bits per heavy atom. The molecule has 166 valence electrons. The van der Waals surface area contributed by atoms with Crippen LogP contribution in [0.5, 0.6) is 0 Å². The second-order valence-electron chi connectivity index (χ2n) is 7.14. The standard InChI is InChI=1S/C24H16Cl2N2O5/c25-19-9-7-16(11-20(19)26)28-22(30)17-8-6-15(10-18(17)23(28)31)24(32)33-13-21(29)27-12-14-4-2-1-3-5-14/h1-11H,12-13H2,(H,27,29). The van der Waals surface area contributed by atoms with Gasteiger partial charge in [0.25, 0.3) is 17.7 Å². The summed E-state index contributed by atoms with van der Waals surface area (Å²) >= 11 is 11.9. The van der Waals surface area contributed by atoms with Gasteiger partial charge < -0.3 is 10.1 Å². The fraction of sp³-hybridized carbons (Fsp3) is 0.0833. The lowest BCUT2D eigenvalue weighted by Crippen LogP contribution is -2.29. The van der Waals surface area contributed by atoms with Crippen LogP contribution in [0.3, 0.4) is 0 Å². The molecule has 3 aromatic rings. The van der Waals surface area contributed by atoms with Gasteiger partial charge in [-0.1, -0.05) is 53.5 Å². The van der Waals surface area contributed by atoms with Crippen molar-refractivity contribution in [1.29, 1.82) is 0 Å². The number of halogens is 2. The molecule has 1 N–H and O–H groups in total. The molecule has 0 saturated carbocycles. The third-order valence-electron chi connectivity index (χ3n) is 4.95. The van der Waals surface area contributed by atoms with Crippen LogP contribution < -0.4 is 10.2 Å². The lowest BCUT2D eigenvalue weighted by Gasteiger charge is -2.14. The maximum Gasteiger partial charge on any atom is 0.338 e. The fourth-order valence-corrected chi connectivity index (χ4v) is 3.58. The van der Waals surface area contributed by atoms with E-state index in [9.17, 15) is 19.2 Å². The van der Waals surface area contributed by atoms with Gasteiger partial charge in [0.05, 0.1) is 32.4 Å². The van der Waals surface area contributed by atoms with Crippen molar-refractivity contribution in [3.8, 4) is 0 Å². The third-order valence-corrected chi connectivity index (χ3v) is 5.69. The number of carbonyl (C=O) groups is 4.